The van der Waals surface area contributed by atoms with Gasteiger partial charge in [0.1, 0.15) is 5.82 Å². The lowest BCUT2D eigenvalue weighted by atomic mass is 9.93. The van der Waals surface area contributed by atoms with Gasteiger partial charge in [0.25, 0.3) is 0 Å². The highest BCUT2D eigenvalue weighted by atomic mass is 16.2. The van der Waals surface area contributed by atoms with Crippen molar-refractivity contribution in [3.8, 4) is 0 Å². The van der Waals surface area contributed by atoms with E-state index in [1.54, 1.807) is 6.20 Å². The van der Waals surface area contributed by atoms with Gasteiger partial charge in [0.05, 0.1) is 6.20 Å². The van der Waals surface area contributed by atoms with Crippen LogP contribution < -0.4 is 16.4 Å². The number of nitrogens with zero attached hydrogens (tertiary/aromatic N) is 1. The van der Waals surface area contributed by atoms with Crippen LogP contribution in [0.15, 0.2) is 6.20 Å². The number of carbonyl (C=O) groups is 1. The molecule has 1 fully saturated rings. The van der Waals surface area contributed by atoms with Gasteiger partial charge in [-0.1, -0.05) is 0 Å². The average Bonchev–Trinajstić information content (AvgIpc) is 2.59. The molecule has 1 aromatic heterocycles. The molecule has 6 heteroatoms. The molecule has 15 heavy (non-hydrogen) atoms. The summed E-state index contributed by atoms with van der Waals surface area (Å²) in [5.41, 5.74) is 6.28. The van der Waals surface area contributed by atoms with Crippen LogP contribution in [-0.4, -0.2) is 22.3 Å². The molecule has 82 valence electrons. The summed E-state index contributed by atoms with van der Waals surface area (Å²) in [6.45, 7) is 0.357. The van der Waals surface area contributed by atoms with Gasteiger partial charge in [0, 0.05) is 18.2 Å². The van der Waals surface area contributed by atoms with Gasteiger partial charge >= 0.3 is 6.03 Å². The second-order valence-corrected chi connectivity index (χ2v) is 3.70. The molecule has 6 nitrogen and oxygen atoms in total. The van der Waals surface area contributed by atoms with E-state index in [4.69, 9.17) is 5.73 Å². The van der Waals surface area contributed by atoms with Crippen LogP contribution in [-0.2, 0) is 6.54 Å². The van der Waals surface area contributed by atoms with E-state index in [2.05, 4.69) is 20.8 Å². The van der Waals surface area contributed by atoms with Crippen molar-refractivity contribution >= 4 is 11.8 Å². The van der Waals surface area contributed by atoms with Gasteiger partial charge in [-0.3, -0.25) is 10.4 Å². The fraction of sp³-hybridized carbons (Fsp3) is 0.556. The molecular weight excluding hydrogens is 194 g/mol. The topological polar surface area (TPSA) is 95.8 Å². The Kier molecular flexibility index (Phi) is 2.86. The number of hydrogen-bond acceptors (Lipinski definition) is 3. The molecule has 2 rings (SSSR count). The molecule has 1 saturated carbocycles. The highest BCUT2D eigenvalue weighted by Crippen LogP contribution is 2.18. The van der Waals surface area contributed by atoms with Gasteiger partial charge in [-0.05, 0) is 19.3 Å². The maximum absolute atomic E-state index is 11.5. The Bertz CT molecular complexity index is 344. The SMILES string of the molecule is NCc1cn[nH]c1NC(=O)NC1CCC1. The molecule has 0 aromatic carbocycles. The Hall–Kier alpha value is -1.56. The van der Waals surface area contributed by atoms with E-state index in [0.29, 0.717) is 18.4 Å². The first-order chi connectivity index (χ1) is 7.29. The number of nitrogens with two attached hydrogens (primary N) is 1. The third kappa shape index (κ3) is 2.27. The van der Waals surface area contributed by atoms with Crippen molar-refractivity contribution in [2.45, 2.75) is 31.8 Å². The molecule has 0 saturated heterocycles. The standard InChI is InChI=1S/C9H15N5O/c10-4-6-5-11-14-8(6)13-9(15)12-7-2-1-3-7/h5,7H,1-4,10H2,(H3,11,12,13,14,15). The summed E-state index contributed by atoms with van der Waals surface area (Å²) in [6.07, 6.45) is 4.95. The van der Waals surface area contributed by atoms with E-state index < -0.39 is 0 Å². The summed E-state index contributed by atoms with van der Waals surface area (Å²) in [5, 5.41) is 12.1. The van der Waals surface area contributed by atoms with E-state index in [0.717, 1.165) is 18.4 Å². The molecule has 5 N–H and O–H groups in total. The summed E-state index contributed by atoms with van der Waals surface area (Å²) in [4.78, 5) is 11.5. The predicted octanol–water partition coefficient (Wildman–Crippen LogP) is 0.542. The maximum atomic E-state index is 11.5. The minimum absolute atomic E-state index is 0.196. The lowest BCUT2D eigenvalue weighted by Gasteiger charge is -2.26. The van der Waals surface area contributed by atoms with Crippen LogP contribution in [0.5, 0.6) is 0 Å². The summed E-state index contributed by atoms with van der Waals surface area (Å²) in [6, 6.07) is 0.132. The molecule has 0 spiro atoms. The van der Waals surface area contributed by atoms with Crippen molar-refractivity contribution < 1.29 is 4.79 Å². The van der Waals surface area contributed by atoms with Crippen molar-refractivity contribution in [3.05, 3.63) is 11.8 Å². The molecule has 0 aliphatic heterocycles. The molecule has 1 aliphatic rings. The average molecular weight is 209 g/mol. The van der Waals surface area contributed by atoms with Gasteiger partial charge in [-0.25, -0.2) is 4.79 Å². The van der Waals surface area contributed by atoms with E-state index in [9.17, 15) is 4.79 Å². The Morgan fingerprint density at radius 2 is 2.47 bits per heavy atom. The van der Waals surface area contributed by atoms with Gasteiger partial charge in [0.15, 0.2) is 0 Å². The minimum atomic E-state index is -0.196. The van der Waals surface area contributed by atoms with Crippen LogP contribution in [0, 0.1) is 0 Å². The number of hydrogen-bond donors (Lipinski definition) is 4. The number of rotatable bonds is 3. The number of carbonyl (C=O) groups excluding carboxylic acids is 1. The zero-order valence-corrected chi connectivity index (χ0v) is 8.42. The molecule has 0 atom stereocenters. The van der Waals surface area contributed by atoms with Gasteiger partial charge in [0.2, 0.25) is 0 Å². The molecule has 0 unspecified atom stereocenters. The Labute approximate surface area is 87.6 Å². The zero-order valence-electron chi connectivity index (χ0n) is 8.42. The largest absolute Gasteiger partial charge is 0.335 e. The van der Waals surface area contributed by atoms with Crippen molar-refractivity contribution in [2.24, 2.45) is 5.73 Å². The second kappa shape index (κ2) is 4.31. The first-order valence-corrected chi connectivity index (χ1v) is 5.09. The molecule has 2 amide bonds. The van der Waals surface area contributed by atoms with Crippen LogP contribution >= 0.6 is 0 Å². The highest BCUT2D eigenvalue weighted by molar-refractivity contribution is 5.89. The number of amides is 2. The molecular formula is C9H15N5O. The normalized spacial score (nSPS) is 15.8. The molecule has 1 aliphatic carbocycles. The first kappa shape index (κ1) is 9.97. The third-order valence-electron chi connectivity index (χ3n) is 2.62. The maximum Gasteiger partial charge on any atom is 0.320 e. The summed E-state index contributed by atoms with van der Waals surface area (Å²) < 4.78 is 0. The van der Waals surface area contributed by atoms with Crippen molar-refractivity contribution in [1.82, 2.24) is 15.5 Å². The smallest absolute Gasteiger partial charge is 0.320 e. The van der Waals surface area contributed by atoms with Crippen LogP contribution in [0.1, 0.15) is 24.8 Å². The van der Waals surface area contributed by atoms with Crippen molar-refractivity contribution in [1.29, 1.82) is 0 Å². The lowest BCUT2D eigenvalue weighted by molar-refractivity contribution is 0.240. The molecule has 1 aromatic rings. The van der Waals surface area contributed by atoms with E-state index in [1.807, 2.05) is 0 Å². The monoisotopic (exact) mass is 209 g/mol. The van der Waals surface area contributed by atoms with E-state index in [-0.39, 0.29) is 6.03 Å². The first-order valence-electron chi connectivity index (χ1n) is 5.09. The third-order valence-corrected chi connectivity index (χ3v) is 2.62. The number of aromatic amines is 1. The lowest BCUT2D eigenvalue weighted by Crippen LogP contribution is -2.42. The summed E-state index contributed by atoms with van der Waals surface area (Å²) in [7, 11) is 0. The fourth-order valence-electron chi connectivity index (χ4n) is 1.46. The Balaban J connectivity index is 1.87. The van der Waals surface area contributed by atoms with Crippen LogP contribution in [0.25, 0.3) is 0 Å². The van der Waals surface area contributed by atoms with Crippen LogP contribution in [0.3, 0.4) is 0 Å². The van der Waals surface area contributed by atoms with E-state index >= 15 is 0 Å². The predicted molar refractivity (Wildman–Crippen MR) is 56.3 cm³/mol. The summed E-state index contributed by atoms with van der Waals surface area (Å²) in [5.74, 6) is 0.578. The van der Waals surface area contributed by atoms with Crippen molar-refractivity contribution in [3.63, 3.8) is 0 Å². The second-order valence-electron chi connectivity index (χ2n) is 3.70. The Morgan fingerprint density at radius 1 is 1.67 bits per heavy atom. The summed E-state index contributed by atoms with van der Waals surface area (Å²) >= 11 is 0. The van der Waals surface area contributed by atoms with Gasteiger partial charge in [-0.15, -0.1) is 0 Å². The van der Waals surface area contributed by atoms with Crippen LogP contribution in [0.4, 0.5) is 10.6 Å². The van der Waals surface area contributed by atoms with E-state index in [1.165, 1.54) is 6.42 Å². The fourth-order valence-corrected chi connectivity index (χ4v) is 1.46. The number of aromatic nitrogens is 2. The van der Waals surface area contributed by atoms with Crippen molar-refractivity contribution in [2.75, 3.05) is 5.32 Å². The zero-order chi connectivity index (χ0) is 10.7. The quantitative estimate of drug-likeness (QED) is 0.585. The van der Waals surface area contributed by atoms with Crippen LogP contribution in [0.2, 0.25) is 0 Å². The highest BCUT2D eigenvalue weighted by Gasteiger charge is 2.19. The number of anilines is 1. The molecule has 0 bridgehead atoms. The molecule has 0 radical (unpaired) electrons. The number of H-pyrrole nitrogens is 1. The van der Waals surface area contributed by atoms with Gasteiger partial charge in [-0.2, -0.15) is 5.10 Å². The number of nitrogens with one attached hydrogen (secondary N) is 3. The molecule has 1 heterocycles. The number of urea groups is 1. The Morgan fingerprint density at radius 3 is 3.07 bits per heavy atom. The van der Waals surface area contributed by atoms with Gasteiger partial charge < -0.3 is 11.1 Å². The minimum Gasteiger partial charge on any atom is -0.335 e.